The first-order valence-electron chi connectivity index (χ1n) is 8.52. The summed E-state index contributed by atoms with van der Waals surface area (Å²) in [6.45, 7) is 2.24. The van der Waals surface area contributed by atoms with Gasteiger partial charge in [-0.15, -0.1) is 0 Å². The van der Waals surface area contributed by atoms with Crippen LogP contribution in [0.15, 0.2) is 48.5 Å². The summed E-state index contributed by atoms with van der Waals surface area (Å²) in [5.74, 6) is -0.580. The van der Waals surface area contributed by atoms with Gasteiger partial charge >= 0.3 is 0 Å². The lowest BCUT2D eigenvalue weighted by atomic mass is 10.1. The quantitative estimate of drug-likeness (QED) is 0.689. The first-order valence-corrected chi connectivity index (χ1v) is 8.90. The monoisotopic (exact) mass is 376 g/mol. The number of halogens is 2. The van der Waals surface area contributed by atoms with Crippen molar-refractivity contribution in [3.8, 4) is 0 Å². The van der Waals surface area contributed by atoms with E-state index in [4.69, 9.17) is 11.6 Å². The fourth-order valence-corrected chi connectivity index (χ4v) is 2.67. The van der Waals surface area contributed by atoms with Gasteiger partial charge in [0.25, 0.3) is 5.91 Å². The lowest BCUT2D eigenvalue weighted by Crippen LogP contribution is -2.34. The number of benzene rings is 2. The predicted molar refractivity (Wildman–Crippen MR) is 101 cm³/mol. The maximum Gasteiger partial charge on any atom is 0.251 e. The summed E-state index contributed by atoms with van der Waals surface area (Å²) in [5, 5.41) is 6.18. The Bertz CT molecular complexity index is 750. The smallest absolute Gasteiger partial charge is 0.251 e. The Labute approximate surface area is 157 Å². The highest BCUT2D eigenvalue weighted by atomic mass is 35.5. The number of hydrogen-bond acceptors (Lipinski definition) is 2. The molecule has 0 saturated carbocycles. The molecule has 26 heavy (non-hydrogen) atoms. The summed E-state index contributed by atoms with van der Waals surface area (Å²) >= 11 is 5.78. The van der Waals surface area contributed by atoms with E-state index in [9.17, 15) is 14.0 Å². The number of carbonyl (C=O) groups is 2. The van der Waals surface area contributed by atoms with Crippen molar-refractivity contribution in [2.45, 2.75) is 32.2 Å². The lowest BCUT2D eigenvalue weighted by molar-refractivity contribution is -0.121. The lowest BCUT2D eigenvalue weighted by Gasteiger charge is -2.14. The van der Waals surface area contributed by atoms with Crippen molar-refractivity contribution in [2.24, 2.45) is 0 Å². The summed E-state index contributed by atoms with van der Waals surface area (Å²) in [6, 6.07) is 13.0. The third-order valence-corrected chi connectivity index (χ3v) is 4.12. The van der Waals surface area contributed by atoms with E-state index in [1.807, 2.05) is 6.92 Å². The third-order valence-electron chi connectivity index (χ3n) is 3.86. The van der Waals surface area contributed by atoms with Gasteiger partial charge < -0.3 is 10.6 Å². The Balaban J connectivity index is 1.66. The molecule has 1 atom stereocenters. The Kier molecular flexibility index (Phi) is 7.60. The maximum atomic E-state index is 13.6. The van der Waals surface area contributed by atoms with Crippen molar-refractivity contribution in [1.82, 2.24) is 10.6 Å². The zero-order valence-electron chi connectivity index (χ0n) is 14.6. The van der Waals surface area contributed by atoms with Crippen LogP contribution in [-0.2, 0) is 11.2 Å². The van der Waals surface area contributed by atoms with Gasteiger partial charge in [-0.3, -0.25) is 9.59 Å². The molecule has 0 saturated heterocycles. The van der Waals surface area contributed by atoms with Gasteiger partial charge in [0.05, 0.1) is 0 Å². The standard InChI is InChI=1S/C20H22ClFN2O2/c1-14(13-16-5-2-3-6-18(16)22)24-19(25)7-4-12-23-20(26)15-8-10-17(21)11-9-15/h2-3,5-6,8-11,14H,4,7,12-13H2,1H3,(H,23,26)(H,24,25). The van der Waals surface area contributed by atoms with E-state index in [1.54, 1.807) is 42.5 Å². The Morgan fingerprint density at radius 2 is 1.81 bits per heavy atom. The first kappa shape index (κ1) is 19.9. The van der Waals surface area contributed by atoms with Crippen LogP contribution in [0.5, 0.6) is 0 Å². The molecule has 138 valence electrons. The van der Waals surface area contributed by atoms with Crippen LogP contribution in [-0.4, -0.2) is 24.4 Å². The highest BCUT2D eigenvalue weighted by Gasteiger charge is 2.11. The first-order chi connectivity index (χ1) is 12.5. The van der Waals surface area contributed by atoms with Crippen molar-refractivity contribution < 1.29 is 14.0 Å². The molecule has 0 aliphatic heterocycles. The van der Waals surface area contributed by atoms with E-state index in [-0.39, 0.29) is 23.7 Å². The summed E-state index contributed by atoms with van der Waals surface area (Å²) in [6.07, 6.45) is 1.26. The molecule has 2 aromatic rings. The van der Waals surface area contributed by atoms with Crippen LogP contribution < -0.4 is 10.6 Å². The Hall–Kier alpha value is -2.40. The van der Waals surface area contributed by atoms with Gasteiger partial charge in [-0.05, 0) is 55.7 Å². The molecule has 0 aliphatic carbocycles. The second-order valence-electron chi connectivity index (χ2n) is 6.13. The largest absolute Gasteiger partial charge is 0.353 e. The molecule has 0 aromatic heterocycles. The molecule has 2 rings (SSSR count). The number of carbonyl (C=O) groups excluding carboxylic acids is 2. The molecular formula is C20H22ClFN2O2. The van der Waals surface area contributed by atoms with Gasteiger partial charge in [-0.2, -0.15) is 0 Å². The molecule has 6 heteroatoms. The molecule has 1 unspecified atom stereocenters. The molecule has 2 N–H and O–H groups in total. The van der Waals surface area contributed by atoms with E-state index in [0.29, 0.717) is 42.0 Å². The molecule has 0 radical (unpaired) electrons. The normalized spacial score (nSPS) is 11.7. The third kappa shape index (κ3) is 6.48. The van der Waals surface area contributed by atoms with Crippen molar-refractivity contribution in [1.29, 1.82) is 0 Å². The minimum atomic E-state index is -0.265. The summed E-state index contributed by atoms with van der Waals surface area (Å²) in [4.78, 5) is 23.9. The van der Waals surface area contributed by atoms with Crippen molar-refractivity contribution in [2.75, 3.05) is 6.54 Å². The number of hydrogen-bond donors (Lipinski definition) is 2. The van der Waals surface area contributed by atoms with Crippen LogP contribution in [0.25, 0.3) is 0 Å². The average Bonchev–Trinajstić information content (AvgIpc) is 2.61. The van der Waals surface area contributed by atoms with Gasteiger partial charge in [0.1, 0.15) is 5.82 Å². The Morgan fingerprint density at radius 3 is 2.50 bits per heavy atom. The van der Waals surface area contributed by atoms with Crippen molar-refractivity contribution in [3.63, 3.8) is 0 Å². The molecule has 0 bridgehead atoms. The van der Waals surface area contributed by atoms with E-state index in [0.717, 1.165) is 0 Å². The summed E-state index contributed by atoms with van der Waals surface area (Å²) in [7, 11) is 0. The summed E-state index contributed by atoms with van der Waals surface area (Å²) < 4.78 is 13.6. The fraction of sp³-hybridized carbons (Fsp3) is 0.300. The van der Waals surface area contributed by atoms with Crippen LogP contribution in [0.4, 0.5) is 4.39 Å². The predicted octanol–water partition coefficient (Wildman–Crippen LogP) is 3.74. The minimum absolute atomic E-state index is 0.116. The minimum Gasteiger partial charge on any atom is -0.353 e. The van der Waals surface area contributed by atoms with Gasteiger partial charge in [0, 0.05) is 29.6 Å². The number of nitrogens with one attached hydrogen (secondary N) is 2. The average molecular weight is 377 g/mol. The van der Waals surface area contributed by atoms with Gasteiger partial charge in [0.15, 0.2) is 0 Å². The second kappa shape index (κ2) is 9.92. The number of amides is 2. The topological polar surface area (TPSA) is 58.2 Å². The molecule has 2 aromatic carbocycles. The van der Waals surface area contributed by atoms with Crippen LogP contribution in [0.1, 0.15) is 35.7 Å². The molecule has 0 aliphatic rings. The Morgan fingerprint density at radius 1 is 1.12 bits per heavy atom. The van der Waals surface area contributed by atoms with Crippen LogP contribution in [0, 0.1) is 5.82 Å². The van der Waals surface area contributed by atoms with Gasteiger partial charge in [-0.25, -0.2) is 4.39 Å². The SMILES string of the molecule is CC(Cc1ccccc1F)NC(=O)CCCNC(=O)c1ccc(Cl)cc1. The molecule has 0 fully saturated rings. The van der Waals surface area contributed by atoms with E-state index >= 15 is 0 Å². The van der Waals surface area contributed by atoms with E-state index in [2.05, 4.69) is 10.6 Å². The van der Waals surface area contributed by atoms with Crippen molar-refractivity contribution in [3.05, 3.63) is 70.5 Å². The fourth-order valence-electron chi connectivity index (χ4n) is 2.55. The molecule has 2 amide bonds. The van der Waals surface area contributed by atoms with E-state index < -0.39 is 0 Å². The molecular weight excluding hydrogens is 355 g/mol. The van der Waals surface area contributed by atoms with Crippen molar-refractivity contribution >= 4 is 23.4 Å². The van der Waals surface area contributed by atoms with Crippen LogP contribution in [0.3, 0.4) is 0 Å². The van der Waals surface area contributed by atoms with Crippen LogP contribution >= 0.6 is 11.6 Å². The summed E-state index contributed by atoms with van der Waals surface area (Å²) in [5.41, 5.74) is 1.10. The number of rotatable bonds is 8. The van der Waals surface area contributed by atoms with Gasteiger partial charge in [-0.1, -0.05) is 29.8 Å². The molecule has 0 heterocycles. The molecule has 4 nitrogen and oxygen atoms in total. The maximum absolute atomic E-state index is 13.6. The van der Waals surface area contributed by atoms with Crippen LogP contribution in [0.2, 0.25) is 5.02 Å². The second-order valence-corrected chi connectivity index (χ2v) is 6.57. The van der Waals surface area contributed by atoms with Gasteiger partial charge in [0.2, 0.25) is 5.91 Å². The van der Waals surface area contributed by atoms with E-state index in [1.165, 1.54) is 6.07 Å². The molecule has 0 spiro atoms. The zero-order chi connectivity index (χ0) is 18.9. The highest BCUT2D eigenvalue weighted by molar-refractivity contribution is 6.30. The highest BCUT2D eigenvalue weighted by Crippen LogP contribution is 2.10. The zero-order valence-corrected chi connectivity index (χ0v) is 15.4.